The smallest absolute Gasteiger partial charge is 0.264 e. The molecule has 2 amide bonds. The fourth-order valence-corrected chi connectivity index (χ4v) is 5.12. The molecule has 0 radical (unpaired) electrons. The van der Waals surface area contributed by atoms with E-state index in [4.69, 9.17) is 0 Å². The van der Waals surface area contributed by atoms with E-state index in [0.717, 1.165) is 36.7 Å². The zero-order chi connectivity index (χ0) is 26.2. The third-order valence-corrected chi connectivity index (χ3v) is 7.74. The van der Waals surface area contributed by atoms with Crippen LogP contribution in [0, 0.1) is 6.92 Å². The van der Waals surface area contributed by atoms with Crippen LogP contribution >= 0.6 is 11.3 Å². The molecule has 0 spiro atoms. The van der Waals surface area contributed by atoms with E-state index in [0.29, 0.717) is 37.6 Å². The molecule has 1 aliphatic heterocycles. The summed E-state index contributed by atoms with van der Waals surface area (Å²) in [7, 11) is 0. The molecular weight excluding hydrogens is 484 g/mol. The molecule has 0 saturated carbocycles. The Morgan fingerprint density at radius 1 is 0.919 bits per heavy atom. The average Bonchev–Trinajstić information content (AvgIpc) is 3.48. The number of carbonyl (C=O) groups excluding carboxylic acids is 2. The van der Waals surface area contributed by atoms with Gasteiger partial charge in [-0.25, -0.2) is 0 Å². The van der Waals surface area contributed by atoms with Gasteiger partial charge >= 0.3 is 0 Å². The summed E-state index contributed by atoms with van der Waals surface area (Å²) in [4.78, 5) is 35.0. The van der Waals surface area contributed by atoms with Crippen molar-refractivity contribution in [3.8, 4) is 11.3 Å². The fraction of sp³-hybridized carbons (Fsp3) is 0.429. The van der Waals surface area contributed by atoms with Crippen LogP contribution in [0.4, 0.5) is 5.82 Å². The molecule has 0 atom stereocenters. The second-order valence-electron chi connectivity index (χ2n) is 9.24. The third kappa shape index (κ3) is 6.93. The van der Waals surface area contributed by atoms with E-state index in [1.165, 1.54) is 16.9 Å². The van der Waals surface area contributed by atoms with Crippen LogP contribution in [-0.2, 0) is 4.79 Å². The van der Waals surface area contributed by atoms with Crippen molar-refractivity contribution in [1.29, 1.82) is 0 Å². The van der Waals surface area contributed by atoms with Gasteiger partial charge in [-0.3, -0.25) is 9.59 Å². The number of anilines is 1. The molecule has 0 aliphatic carbocycles. The van der Waals surface area contributed by atoms with E-state index < -0.39 is 0 Å². The zero-order valence-corrected chi connectivity index (χ0v) is 22.8. The minimum Gasteiger partial charge on any atom is -0.352 e. The predicted octanol–water partition coefficient (Wildman–Crippen LogP) is 3.65. The Hall–Kier alpha value is -3.30. The van der Waals surface area contributed by atoms with Crippen LogP contribution in [0.2, 0.25) is 0 Å². The highest BCUT2D eigenvalue weighted by Crippen LogP contribution is 2.20. The predicted molar refractivity (Wildman–Crippen MR) is 149 cm³/mol. The first-order chi connectivity index (χ1) is 18.0. The van der Waals surface area contributed by atoms with Crippen LogP contribution < -0.4 is 4.90 Å². The summed E-state index contributed by atoms with van der Waals surface area (Å²) in [5, 5.41) is 10.8. The van der Waals surface area contributed by atoms with Crippen LogP contribution in [0.5, 0.6) is 0 Å². The molecular formula is C28H36N6O2S. The van der Waals surface area contributed by atoms with Crippen molar-refractivity contribution in [3.05, 3.63) is 64.4 Å². The van der Waals surface area contributed by atoms with E-state index >= 15 is 0 Å². The molecule has 9 heteroatoms. The number of rotatable bonds is 10. The largest absolute Gasteiger partial charge is 0.352 e. The molecule has 2 aromatic heterocycles. The summed E-state index contributed by atoms with van der Waals surface area (Å²) in [6.07, 6.45) is 0. The lowest BCUT2D eigenvalue weighted by Crippen LogP contribution is -2.52. The lowest BCUT2D eigenvalue weighted by atomic mass is 10.1. The SMILES string of the molecule is CCN(CC)CCN(CC(=O)N1CCN(c2ccc(-c3ccc(C)cc3)nn2)CC1)C(=O)c1cccs1. The van der Waals surface area contributed by atoms with Gasteiger partial charge in [-0.15, -0.1) is 21.5 Å². The van der Waals surface area contributed by atoms with Gasteiger partial charge in [-0.1, -0.05) is 49.7 Å². The van der Waals surface area contributed by atoms with Crippen LogP contribution in [0.1, 0.15) is 29.1 Å². The summed E-state index contributed by atoms with van der Waals surface area (Å²) in [6, 6.07) is 15.9. The Bertz CT molecular complexity index is 1140. The number of benzene rings is 1. The maximum absolute atomic E-state index is 13.2. The van der Waals surface area contributed by atoms with Crippen LogP contribution in [0.25, 0.3) is 11.3 Å². The molecule has 3 heterocycles. The number of likely N-dealkylation sites (N-methyl/N-ethyl adjacent to an activating group) is 1. The highest BCUT2D eigenvalue weighted by Gasteiger charge is 2.26. The second-order valence-corrected chi connectivity index (χ2v) is 10.2. The number of carbonyl (C=O) groups is 2. The van der Waals surface area contributed by atoms with Gasteiger partial charge < -0.3 is 19.6 Å². The van der Waals surface area contributed by atoms with Crippen LogP contribution in [0.15, 0.2) is 53.9 Å². The fourth-order valence-electron chi connectivity index (χ4n) is 4.43. The quantitative estimate of drug-likeness (QED) is 0.406. The van der Waals surface area contributed by atoms with Crippen molar-refractivity contribution in [2.24, 2.45) is 0 Å². The first kappa shape index (κ1) is 26.8. The van der Waals surface area contributed by atoms with Gasteiger partial charge in [0.1, 0.15) is 6.54 Å². The molecule has 0 bridgehead atoms. The van der Waals surface area contributed by atoms with E-state index in [1.54, 1.807) is 4.90 Å². The van der Waals surface area contributed by atoms with Gasteiger partial charge in [-0.2, -0.15) is 0 Å². The van der Waals surface area contributed by atoms with E-state index in [1.807, 2.05) is 34.5 Å². The Balaban J connectivity index is 1.33. The third-order valence-electron chi connectivity index (χ3n) is 6.88. The molecule has 0 N–H and O–H groups in total. The van der Waals surface area contributed by atoms with Crippen molar-refractivity contribution in [3.63, 3.8) is 0 Å². The summed E-state index contributed by atoms with van der Waals surface area (Å²) in [6.45, 7) is 12.1. The van der Waals surface area contributed by atoms with Crippen molar-refractivity contribution in [1.82, 2.24) is 24.9 Å². The summed E-state index contributed by atoms with van der Waals surface area (Å²) < 4.78 is 0. The highest BCUT2D eigenvalue weighted by molar-refractivity contribution is 7.12. The standard InChI is InChI=1S/C28H36N6O2S/c1-4-31(5-2)14-15-34(28(36)25-7-6-20-37-25)21-27(35)33-18-16-32(17-19-33)26-13-12-24(29-30-26)23-10-8-22(3)9-11-23/h6-13,20H,4-5,14-19,21H2,1-3H3. The first-order valence-electron chi connectivity index (χ1n) is 13.0. The topological polar surface area (TPSA) is 72.9 Å². The summed E-state index contributed by atoms with van der Waals surface area (Å²) >= 11 is 1.42. The minimum atomic E-state index is -0.0712. The Morgan fingerprint density at radius 2 is 1.65 bits per heavy atom. The molecule has 8 nitrogen and oxygen atoms in total. The molecule has 0 unspecified atom stereocenters. The summed E-state index contributed by atoms with van der Waals surface area (Å²) in [5.74, 6) is 0.736. The molecule has 1 saturated heterocycles. The number of piperazine rings is 1. The number of thiophene rings is 1. The van der Waals surface area contributed by atoms with Gasteiger partial charge in [0.2, 0.25) is 5.91 Å². The number of amides is 2. The summed E-state index contributed by atoms with van der Waals surface area (Å²) in [5.41, 5.74) is 3.10. The van der Waals surface area contributed by atoms with Gasteiger partial charge in [0.05, 0.1) is 10.6 Å². The molecule has 1 fully saturated rings. The maximum Gasteiger partial charge on any atom is 0.264 e. The van der Waals surface area contributed by atoms with Crippen molar-refractivity contribution in [2.45, 2.75) is 20.8 Å². The Labute approximate surface area is 223 Å². The van der Waals surface area contributed by atoms with Gasteiger partial charge in [0.25, 0.3) is 5.91 Å². The molecule has 1 aliphatic rings. The Kier molecular flexibility index (Phi) is 9.24. The average molecular weight is 521 g/mol. The van der Waals surface area contributed by atoms with Crippen molar-refractivity contribution >= 4 is 29.0 Å². The highest BCUT2D eigenvalue weighted by atomic mass is 32.1. The number of aromatic nitrogens is 2. The van der Waals surface area contributed by atoms with Crippen LogP contribution in [0.3, 0.4) is 0 Å². The molecule has 37 heavy (non-hydrogen) atoms. The van der Waals surface area contributed by atoms with Crippen molar-refractivity contribution < 1.29 is 9.59 Å². The van der Waals surface area contributed by atoms with E-state index in [9.17, 15) is 9.59 Å². The van der Waals surface area contributed by atoms with Crippen LogP contribution in [-0.4, -0.2) is 95.6 Å². The van der Waals surface area contributed by atoms with Gasteiger partial charge in [0.15, 0.2) is 5.82 Å². The second kappa shape index (κ2) is 12.8. The van der Waals surface area contributed by atoms with Crippen molar-refractivity contribution in [2.75, 3.05) is 63.8 Å². The lowest BCUT2D eigenvalue weighted by Gasteiger charge is -2.36. The Morgan fingerprint density at radius 3 is 2.24 bits per heavy atom. The number of nitrogens with zero attached hydrogens (tertiary/aromatic N) is 6. The molecule has 4 rings (SSSR count). The minimum absolute atomic E-state index is 0.00935. The molecule has 3 aromatic rings. The zero-order valence-electron chi connectivity index (χ0n) is 22.0. The monoisotopic (exact) mass is 520 g/mol. The number of hydrogen-bond donors (Lipinski definition) is 0. The molecule has 1 aromatic carbocycles. The van der Waals surface area contributed by atoms with E-state index in [-0.39, 0.29) is 18.4 Å². The molecule has 196 valence electrons. The van der Waals surface area contributed by atoms with Gasteiger partial charge in [0, 0.05) is 44.8 Å². The maximum atomic E-state index is 13.2. The normalized spacial score (nSPS) is 13.7. The van der Waals surface area contributed by atoms with Gasteiger partial charge in [-0.05, 0) is 43.6 Å². The van der Waals surface area contributed by atoms with E-state index in [2.05, 4.69) is 65.0 Å². The number of hydrogen-bond acceptors (Lipinski definition) is 7. The first-order valence-corrected chi connectivity index (χ1v) is 13.8. The lowest BCUT2D eigenvalue weighted by molar-refractivity contribution is -0.132. The number of aryl methyl sites for hydroxylation is 1.